The minimum atomic E-state index is 0.0113. The quantitative estimate of drug-likeness (QED) is 0.738. The minimum Gasteiger partial charge on any atom is -0.333 e. The number of hydrogen-bond acceptors (Lipinski definition) is 3. The number of hydrogen-bond donors (Lipinski definition) is 0. The second-order valence-electron chi connectivity index (χ2n) is 5.44. The van der Waals surface area contributed by atoms with Gasteiger partial charge in [-0.1, -0.05) is 11.6 Å². The predicted molar refractivity (Wildman–Crippen MR) is 74.3 cm³/mol. The molecule has 0 aliphatic carbocycles. The molecule has 0 N–H and O–H groups in total. The molecule has 3 rings (SSSR count). The Morgan fingerprint density at radius 2 is 2.32 bits per heavy atom. The largest absolute Gasteiger partial charge is 0.333 e. The standard InChI is InChI=1S/C14H18ClN3O/c1-10-8-17-7-3-4-11(17)9-18(10)14(19)12-5-2-6-16-13(12)15/h2,5-6,10-11H,3-4,7-9H2,1H3. The van der Waals surface area contributed by atoms with E-state index in [1.165, 1.54) is 19.4 Å². The first-order valence-electron chi connectivity index (χ1n) is 6.82. The maximum Gasteiger partial charge on any atom is 0.257 e. The van der Waals surface area contributed by atoms with Crippen molar-refractivity contribution in [3.63, 3.8) is 0 Å². The number of fused-ring (bicyclic) bond motifs is 1. The highest BCUT2D eigenvalue weighted by atomic mass is 35.5. The van der Waals surface area contributed by atoms with Gasteiger partial charge in [0, 0.05) is 31.4 Å². The molecule has 2 unspecified atom stereocenters. The van der Waals surface area contributed by atoms with E-state index in [9.17, 15) is 4.79 Å². The Hall–Kier alpha value is -1.13. The fraction of sp³-hybridized carbons (Fsp3) is 0.571. The van der Waals surface area contributed by atoms with Crippen molar-refractivity contribution in [2.45, 2.75) is 31.8 Å². The van der Waals surface area contributed by atoms with Crippen molar-refractivity contribution in [1.29, 1.82) is 0 Å². The predicted octanol–water partition coefficient (Wildman–Crippen LogP) is 2.04. The maximum atomic E-state index is 12.6. The lowest BCUT2D eigenvalue weighted by Gasteiger charge is -2.42. The molecular formula is C14H18ClN3O. The van der Waals surface area contributed by atoms with E-state index in [1.807, 2.05) is 4.90 Å². The van der Waals surface area contributed by atoms with Gasteiger partial charge in [0.1, 0.15) is 5.15 Å². The number of carbonyl (C=O) groups excluding carboxylic acids is 1. The van der Waals surface area contributed by atoms with E-state index in [0.717, 1.165) is 13.1 Å². The van der Waals surface area contributed by atoms with Gasteiger partial charge in [0.15, 0.2) is 0 Å². The Kier molecular flexibility index (Phi) is 3.46. The lowest BCUT2D eigenvalue weighted by molar-refractivity contribution is 0.0395. The first-order valence-corrected chi connectivity index (χ1v) is 7.20. The molecule has 1 aromatic rings. The number of rotatable bonds is 1. The van der Waals surface area contributed by atoms with Gasteiger partial charge >= 0.3 is 0 Å². The van der Waals surface area contributed by atoms with E-state index in [4.69, 9.17) is 11.6 Å². The first-order chi connectivity index (χ1) is 9.16. The molecule has 2 aliphatic heterocycles. The van der Waals surface area contributed by atoms with E-state index in [1.54, 1.807) is 18.3 Å². The Morgan fingerprint density at radius 1 is 1.47 bits per heavy atom. The molecule has 1 amide bonds. The molecule has 0 aromatic carbocycles. The third-order valence-corrected chi connectivity index (χ3v) is 4.49. The number of amides is 1. The Morgan fingerprint density at radius 3 is 3.11 bits per heavy atom. The van der Waals surface area contributed by atoms with Crippen LogP contribution < -0.4 is 0 Å². The number of piperazine rings is 1. The van der Waals surface area contributed by atoms with E-state index in [2.05, 4.69) is 16.8 Å². The molecule has 4 nitrogen and oxygen atoms in total. The summed E-state index contributed by atoms with van der Waals surface area (Å²) in [6.45, 7) is 5.06. The van der Waals surface area contributed by atoms with Gasteiger partial charge in [-0.3, -0.25) is 9.69 Å². The summed E-state index contributed by atoms with van der Waals surface area (Å²) in [5.41, 5.74) is 0.516. The van der Waals surface area contributed by atoms with E-state index in [0.29, 0.717) is 16.8 Å². The van der Waals surface area contributed by atoms with Gasteiger partial charge in [0.05, 0.1) is 5.56 Å². The summed E-state index contributed by atoms with van der Waals surface area (Å²) in [5, 5.41) is 0.300. The van der Waals surface area contributed by atoms with E-state index < -0.39 is 0 Å². The number of pyridine rings is 1. The van der Waals surface area contributed by atoms with Crippen molar-refractivity contribution in [2.75, 3.05) is 19.6 Å². The van der Waals surface area contributed by atoms with Crippen molar-refractivity contribution >= 4 is 17.5 Å². The number of nitrogens with zero attached hydrogens (tertiary/aromatic N) is 3. The lowest BCUT2D eigenvalue weighted by Crippen LogP contribution is -2.56. The molecule has 0 spiro atoms. The topological polar surface area (TPSA) is 36.4 Å². The summed E-state index contributed by atoms with van der Waals surface area (Å²) < 4.78 is 0. The van der Waals surface area contributed by atoms with Crippen molar-refractivity contribution in [2.24, 2.45) is 0 Å². The van der Waals surface area contributed by atoms with Crippen LogP contribution in [0.5, 0.6) is 0 Å². The third kappa shape index (κ3) is 2.35. The van der Waals surface area contributed by atoms with E-state index >= 15 is 0 Å². The van der Waals surface area contributed by atoms with Gasteiger partial charge in [-0.15, -0.1) is 0 Å². The van der Waals surface area contributed by atoms with Gasteiger partial charge in [0.2, 0.25) is 0 Å². The summed E-state index contributed by atoms with van der Waals surface area (Å²) in [6.07, 6.45) is 4.04. The zero-order chi connectivity index (χ0) is 13.4. The van der Waals surface area contributed by atoms with Crippen molar-refractivity contribution in [3.8, 4) is 0 Å². The van der Waals surface area contributed by atoms with Crippen LogP contribution in [0.2, 0.25) is 5.15 Å². The molecule has 0 saturated carbocycles. The molecule has 2 atom stereocenters. The van der Waals surface area contributed by atoms with Gasteiger partial charge in [0.25, 0.3) is 5.91 Å². The van der Waals surface area contributed by atoms with Crippen LogP contribution in [0.15, 0.2) is 18.3 Å². The highest BCUT2D eigenvalue weighted by Gasteiger charge is 2.37. The van der Waals surface area contributed by atoms with Crippen molar-refractivity contribution < 1.29 is 4.79 Å². The van der Waals surface area contributed by atoms with Crippen LogP contribution in [0.1, 0.15) is 30.1 Å². The molecule has 5 heteroatoms. The summed E-state index contributed by atoms with van der Waals surface area (Å²) in [5.74, 6) is 0.0113. The molecule has 2 saturated heterocycles. The number of aromatic nitrogens is 1. The summed E-state index contributed by atoms with van der Waals surface area (Å²) >= 11 is 6.03. The summed E-state index contributed by atoms with van der Waals surface area (Å²) in [6, 6.07) is 4.27. The van der Waals surface area contributed by atoms with E-state index in [-0.39, 0.29) is 11.9 Å². The van der Waals surface area contributed by atoms with Crippen LogP contribution in [0.3, 0.4) is 0 Å². The highest BCUT2D eigenvalue weighted by Crippen LogP contribution is 2.26. The highest BCUT2D eigenvalue weighted by molar-refractivity contribution is 6.32. The minimum absolute atomic E-state index is 0.0113. The average Bonchev–Trinajstić information content (AvgIpc) is 2.84. The van der Waals surface area contributed by atoms with Gasteiger partial charge in [-0.2, -0.15) is 0 Å². The van der Waals surface area contributed by atoms with Gasteiger partial charge < -0.3 is 4.90 Å². The molecule has 0 bridgehead atoms. The molecule has 3 heterocycles. The molecule has 102 valence electrons. The lowest BCUT2D eigenvalue weighted by atomic mass is 10.1. The summed E-state index contributed by atoms with van der Waals surface area (Å²) in [4.78, 5) is 21.0. The normalized spacial score (nSPS) is 27.4. The molecule has 2 fully saturated rings. The molecule has 0 radical (unpaired) electrons. The number of carbonyl (C=O) groups is 1. The zero-order valence-corrected chi connectivity index (χ0v) is 11.8. The Labute approximate surface area is 118 Å². The second kappa shape index (κ2) is 5.10. The van der Waals surface area contributed by atoms with Crippen molar-refractivity contribution in [3.05, 3.63) is 29.0 Å². The monoisotopic (exact) mass is 279 g/mol. The van der Waals surface area contributed by atoms with Crippen LogP contribution in [-0.4, -0.2) is 52.4 Å². The van der Waals surface area contributed by atoms with Crippen LogP contribution >= 0.6 is 11.6 Å². The Balaban J connectivity index is 1.81. The average molecular weight is 280 g/mol. The van der Waals surface area contributed by atoms with Gasteiger partial charge in [-0.25, -0.2) is 4.98 Å². The molecule has 2 aliphatic rings. The van der Waals surface area contributed by atoms with Crippen LogP contribution in [0, 0.1) is 0 Å². The Bertz CT molecular complexity index is 493. The van der Waals surface area contributed by atoms with Crippen molar-refractivity contribution in [1.82, 2.24) is 14.8 Å². The molecule has 1 aromatic heterocycles. The van der Waals surface area contributed by atoms with Crippen LogP contribution in [0.25, 0.3) is 0 Å². The number of halogens is 1. The molecular weight excluding hydrogens is 262 g/mol. The third-order valence-electron chi connectivity index (χ3n) is 4.19. The van der Waals surface area contributed by atoms with Gasteiger partial charge in [-0.05, 0) is 38.4 Å². The zero-order valence-electron chi connectivity index (χ0n) is 11.1. The molecule has 19 heavy (non-hydrogen) atoms. The first kappa shape index (κ1) is 12.9. The fourth-order valence-corrected chi connectivity index (χ4v) is 3.37. The SMILES string of the molecule is CC1CN2CCCC2CN1C(=O)c1cccnc1Cl. The summed E-state index contributed by atoms with van der Waals surface area (Å²) in [7, 11) is 0. The van der Waals surface area contributed by atoms with Crippen LogP contribution in [0.4, 0.5) is 0 Å². The maximum absolute atomic E-state index is 12.6. The van der Waals surface area contributed by atoms with Crippen LogP contribution in [-0.2, 0) is 0 Å². The smallest absolute Gasteiger partial charge is 0.257 e. The fourth-order valence-electron chi connectivity index (χ4n) is 3.17. The second-order valence-corrected chi connectivity index (χ2v) is 5.80.